The van der Waals surface area contributed by atoms with Crippen molar-refractivity contribution >= 4 is 5.78 Å². The van der Waals surface area contributed by atoms with Gasteiger partial charge in [0, 0.05) is 12.3 Å². The largest absolute Gasteiger partial charge is 0.299 e. The lowest BCUT2D eigenvalue weighted by molar-refractivity contribution is -0.122. The zero-order valence-electron chi connectivity index (χ0n) is 10.3. The van der Waals surface area contributed by atoms with E-state index in [-0.39, 0.29) is 5.92 Å². The molecule has 0 radical (unpaired) electrons. The minimum atomic E-state index is 0.195. The first-order valence-corrected chi connectivity index (χ1v) is 5.59. The summed E-state index contributed by atoms with van der Waals surface area (Å²) >= 11 is 0. The first-order valence-electron chi connectivity index (χ1n) is 5.59. The second-order valence-corrected chi connectivity index (χ2v) is 4.79. The van der Waals surface area contributed by atoms with Gasteiger partial charge in [0.15, 0.2) is 0 Å². The summed E-state index contributed by atoms with van der Waals surface area (Å²) in [6.07, 6.45) is 5.23. The molecule has 0 spiro atoms. The monoisotopic (exact) mass is 196 g/mol. The van der Waals surface area contributed by atoms with Gasteiger partial charge in [-0.05, 0) is 32.6 Å². The molecule has 0 fully saturated rings. The van der Waals surface area contributed by atoms with Crippen LogP contribution in [-0.4, -0.2) is 5.78 Å². The predicted octanol–water partition coefficient (Wildman–Crippen LogP) is 3.98. The molecule has 0 N–H and O–H groups in total. The second kappa shape index (κ2) is 6.80. The highest BCUT2D eigenvalue weighted by molar-refractivity contribution is 5.80. The average molecular weight is 196 g/mol. The number of ketones is 1. The van der Waals surface area contributed by atoms with E-state index in [4.69, 9.17) is 0 Å². The molecule has 0 rings (SSSR count). The van der Waals surface area contributed by atoms with Crippen LogP contribution in [0.3, 0.4) is 0 Å². The third-order valence-corrected chi connectivity index (χ3v) is 2.41. The van der Waals surface area contributed by atoms with Crippen LogP contribution in [0.15, 0.2) is 11.6 Å². The van der Waals surface area contributed by atoms with Crippen molar-refractivity contribution in [3.8, 4) is 0 Å². The molecule has 0 amide bonds. The fourth-order valence-electron chi connectivity index (χ4n) is 1.34. The van der Waals surface area contributed by atoms with Crippen molar-refractivity contribution in [2.75, 3.05) is 0 Å². The van der Waals surface area contributed by atoms with Gasteiger partial charge in [0.1, 0.15) is 5.78 Å². The molecule has 1 heteroatoms. The van der Waals surface area contributed by atoms with Crippen molar-refractivity contribution < 1.29 is 4.79 Å². The molecule has 0 aromatic heterocycles. The molecule has 0 bridgehead atoms. The van der Waals surface area contributed by atoms with Crippen LogP contribution in [0.1, 0.15) is 53.9 Å². The van der Waals surface area contributed by atoms with Gasteiger partial charge in [-0.15, -0.1) is 0 Å². The van der Waals surface area contributed by atoms with E-state index in [0.717, 1.165) is 19.3 Å². The minimum absolute atomic E-state index is 0.195. The van der Waals surface area contributed by atoms with E-state index in [2.05, 4.69) is 26.8 Å². The summed E-state index contributed by atoms with van der Waals surface area (Å²) in [5, 5.41) is 0. The Labute approximate surface area is 88.6 Å². The lowest BCUT2D eigenvalue weighted by atomic mass is 9.94. The van der Waals surface area contributed by atoms with Crippen molar-refractivity contribution in [3.63, 3.8) is 0 Å². The van der Waals surface area contributed by atoms with Crippen LogP contribution in [0.25, 0.3) is 0 Å². The van der Waals surface area contributed by atoms with Crippen LogP contribution in [0, 0.1) is 11.8 Å². The number of carbonyl (C=O) groups is 1. The van der Waals surface area contributed by atoms with Crippen molar-refractivity contribution in [3.05, 3.63) is 11.6 Å². The lowest BCUT2D eigenvalue weighted by Gasteiger charge is -2.10. The number of allylic oxidation sites excluding steroid dienone is 2. The molecule has 1 nitrogen and oxygen atoms in total. The topological polar surface area (TPSA) is 17.1 Å². The number of rotatable bonds is 6. The van der Waals surface area contributed by atoms with E-state index >= 15 is 0 Å². The quantitative estimate of drug-likeness (QED) is 0.587. The van der Waals surface area contributed by atoms with Gasteiger partial charge in [0.05, 0.1) is 0 Å². The zero-order chi connectivity index (χ0) is 11.1. The van der Waals surface area contributed by atoms with E-state index in [1.165, 1.54) is 5.57 Å². The Morgan fingerprint density at radius 3 is 2.21 bits per heavy atom. The van der Waals surface area contributed by atoms with Gasteiger partial charge in [0.2, 0.25) is 0 Å². The lowest BCUT2D eigenvalue weighted by Crippen LogP contribution is -2.11. The first-order chi connectivity index (χ1) is 6.43. The summed E-state index contributed by atoms with van der Waals surface area (Å²) in [7, 11) is 0. The van der Waals surface area contributed by atoms with Gasteiger partial charge in [-0.1, -0.05) is 32.4 Å². The molecule has 0 heterocycles. The normalized spacial score (nSPS) is 12.7. The number of hydrogen-bond acceptors (Lipinski definition) is 1. The zero-order valence-corrected chi connectivity index (χ0v) is 10.3. The molecule has 0 aliphatic heterocycles. The maximum absolute atomic E-state index is 11.4. The van der Waals surface area contributed by atoms with Crippen molar-refractivity contribution in [2.24, 2.45) is 11.8 Å². The van der Waals surface area contributed by atoms with Crippen molar-refractivity contribution in [2.45, 2.75) is 53.9 Å². The van der Waals surface area contributed by atoms with Gasteiger partial charge in [-0.3, -0.25) is 4.79 Å². The first kappa shape index (κ1) is 13.4. The van der Waals surface area contributed by atoms with E-state index in [9.17, 15) is 4.79 Å². The van der Waals surface area contributed by atoms with Crippen LogP contribution in [0.5, 0.6) is 0 Å². The van der Waals surface area contributed by atoms with Crippen molar-refractivity contribution in [1.29, 1.82) is 0 Å². The second-order valence-electron chi connectivity index (χ2n) is 4.79. The summed E-state index contributed by atoms with van der Waals surface area (Å²) < 4.78 is 0. The minimum Gasteiger partial charge on any atom is -0.299 e. The molecule has 0 saturated heterocycles. The van der Waals surface area contributed by atoms with Crippen LogP contribution in [0.4, 0.5) is 0 Å². The fraction of sp³-hybridized carbons (Fsp3) is 0.769. The van der Waals surface area contributed by atoms with Crippen LogP contribution < -0.4 is 0 Å². The number of carbonyl (C=O) groups excluding carboxylic acids is 1. The smallest absolute Gasteiger partial charge is 0.135 e. The third-order valence-electron chi connectivity index (χ3n) is 2.41. The molecule has 0 aromatic rings. The summed E-state index contributed by atoms with van der Waals surface area (Å²) in [5.41, 5.74) is 1.37. The standard InChI is InChI=1S/C13H24O/c1-10(2)7-6-8-12(5)9-13(14)11(3)4/h7,11-12H,6,8-9H2,1-5H3. The van der Waals surface area contributed by atoms with Gasteiger partial charge in [0.25, 0.3) is 0 Å². The van der Waals surface area contributed by atoms with Gasteiger partial charge >= 0.3 is 0 Å². The Bertz CT molecular complexity index is 197. The molecule has 0 aliphatic rings. The third kappa shape index (κ3) is 6.88. The van der Waals surface area contributed by atoms with E-state index in [1.54, 1.807) is 0 Å². The summed E-state index contributed by atoms with van der Waals surface area (Å²) in [5.74, 6) is 1.12. The van der Waals surface area contributed by atoms with E-state index in [0.29, 0.717) is 11.7 Å². The number of Topliss-reactive ketones (excluding diaryl/α,β-unsaturated/α-hetero) is 1. The highest BCUT2D eigenvalue weighted by atomic mass is 16.1. The van der Waals surface area contributed by atoms with Gasteiger partial charge < -0.3 is 0 Å². The van der Waals surface area contributed by atoms with Crippen LogP contribution >= 0.6 is 0 Å². The fourth-order valence-corrected chi connectivity index (χ4v) is 1.34. The maximum Gasteiger partial charge on any atom is 0.135 e. The Hall–Kier alpha value is -0.590. The predicted molar refractivity (Wildman–Crippen MR) is 62.3 cm³/mol. The Morgan fingerprint density at radius 2 is 1.79 bits per heavy atom. The Balaban J connectivity index is 3.71. The molecule has 1 unspecified atom stereocenters. The van der Waals surface area contributed by atoms with E-state index in [1.807, 2.05) is 13.8 Å². The van der Waals surface area contributed by atoms with Crippen molar-refractivity contribution in [1.82, 2.24) is 0 Å². The summed E-state index contributed by atoms with van der Waals surface area (Å²) in [6.45, 7) is 10.4. The van der Waals surface area contributed by atoms with E-state index < -0.39 is 0 Å². The van der Waals surface area contributed by atoms with Gasteiger partial charge in [-0.2, -0.15) is 0 Å². The summed E-state index contributed by atoms with van der Waals surface area (Å²) in [6, 6.07) is 0. The molecule has 14 heavy (non-hydrogen) atoms. The molecular formula is C13H24O. The summed E-state index contributed by atoms with van der Waals surface area (Å²) in [4.78, 5) is 11.4. The molecular weight excluding hydrogens is 172 g/mol. The highest BCUT2D eigenvalue weighted by Crippen LogP contribution is 2.14. The maximum atomic E-state index is 11.4. The highest BCUT2D eigenvalue weighted by Gasteiger charge is 2.11. The van der Waals surface area contributed by atoms with Gasteiger partial charge in [-0.25, -0.2) is 0 Å². The molecule has 0 aliphatic carbocycles. The van der Waals surface area contributed by atoms with Crippen LogP contribution in [-0.2, 0) is 4.79 Å². The molecule has 1 atom stereocenters. The molecule has 82 valence electrons. The average Bonchev–Trinajstić information content (AvgIpc) is 2.02. The Morgan fingerprint density at radius 1 is 1.21 bits per heavy atom. The Kier molecular flexibility index (Phi) is 6.52. The van der Waals surface area contributed by atoms with Crippen LogP contribution in [0.2, 0.25) is 0 Å². The molecule has 0 aromatic carbocycles. The SMILES string of the molecule is CC(C)=CCCC(C)CC(=O)C(C)C. The molecule has 0 saturated carbocycles. The number of hydrogen-bond donors (Lipinski definition) is 0.